The highest BCUT2D eigenvalue weighted by molar-refractivity contribution is 6.43. The molecule has 150 valence electrons. The van der Waals surface area contributed by atoms with E-state index in [1.165, 1.54) is 11.8 Å². The van der Waals surface area contributed by atoms with Crippen LogP contribution in [0, 0.1) is 0 Å². The van der Waals surface area contributed by atoms with Crippen LogP contribution in [-0.2, 0) is 16.6 Å². The van der Waals surface area contributed by atoms with Crippen LogP contribution < -0.4 is 5.43 Å². The molecular formula is C23H22Cl2N2O2. The minimum Gasteiger partial charge on any atom is -0.455 e. The molecule has 0 bridgehead atoms. The Balaban J connectivity index is 1.58. The van der Waals surface area contributed by atoms with Gasteiger partial charge in [-0.15, -0.1) is 0 Å². The lowest BCUT2D eigenvalue weighted by Gasteiger charge is -2.19. The SMILES string of the molecule is CC(C)(C)c1ccc(CC(=O)N/N=C\c2ccc(-c3cccc(Cl)c3Cl)o2)cc1. The first-order chi connectivity index (χ1) is 13.7. The van der Waals surface area contributed by atoms with Gasteiger partial charge in [-0.25, -0.2) is 5.43 Å². The maximum atomic E-state index is 12.1. The second kappa shape index (κ2) is 8.85. The van der Waals surface area contributed by atoms with E-state index in [4.69, 9.17) is 27.6 Å². The molecule has 1 amide bonds. The normalized spacial score (nSPS) is 11.8. The average Bonchev–Trinajstić information content (AvgIpc) is 3.12. The number of hydrazone groups is 1. The van der Waals surface area contributed by atoms with E-state index in [9.17, 15) is 4.79 Å². The van der Waals surface area contributed by atoms with E-state index in [1.54, 1.807) is 24.3 Å². The standard InChI is InChI=1S/C23H22Cl2N2O2/c1-23(2,3)16-9-7-15(8-10-16)13-21(28)27-26-14-17-11-12-20(29-17)18-5-4-6-19(24)22(18)25/h4-12,14H,13H2,1-3H3,(H,27,28)/b26-14-. The lowest BCUT2D eigenvalue weighted by atomic mass is 9.86. The van der Waals surface area contributed by atoms with E-state index >= 15 is 0 Å². The third-order valence-electron chi connectivity index (χ3n) is 4.41. The van der Waals surface area contributed by atoms with Gasteiger partial charge in [-0.05, 0) is 40.8 Å². The molecule has 0 aliphatic carbocycles. The molecule has 0 aliphatic rings. The van der Waals surface area contributed by atoms with Gasteiger partial charge in [-0.3, -0.25) is 4.79 Å². The molecule has 3 rings (SSSR count). The summed E-state index contributed by atoms with van der Waals surface area (Å²) in [6.07, 6.45) is 1.70. The summed E-state index contributed by atoms with van der Waals surface area (Å²) < 4.78 is 5.71. The van der Waals surface area contributed by atoms with Crippen molar-refractivity contribution >= 4 is 35.3 Å². The molecule has 4 nitrogen and oxygen atoms in total. The maximum Gasteiger partial charge on any atom is 0.244 e. The first kappa shape index (κ1) is 21.2. The Labute approximate surface area is 180 Å². The third-order valence-corrected chi connectivity index (χ3v) is 5.23. The van der Waals surface area contributed by atoms with Gasteiger partial charge in [0.25, 0.3) is 0 Å². The minimum atomic E-state index is -0.200. The Morgan fingerprint density at radius 2 is 1.79 bits per heavy atom. The molecular weight excluding hydrogens is 407 g/mol. The second-order valence-corrected chi connectivity index (χ2v) is 8.51. The molecule has 0 aliphatic heterocycles. The molecule has 0 spiro atoms. The van der Waals surface area contributed by atoms with Gasteiger partial charge in [0.05, 0.1) is 22.7 Å². The molecule has 0 fully saturated rings. The van der Waals surface area contributed by atoms with E-state index in [2.05, 4.69) is 43.4 Å². The number of rotatable bonds is 5. The maximum absolute atomic E-state index is 12.1. The van der Waals surface area contributed by atoms with Crippen molar-refractivity contribution in [3.05, 3.63) is 81.5 Å². The lowest BCUT2D eigenvalue weighted by Crippen LogP contribution is -2.20. The first-order valence-electron chi connectivity index (χ1n) is 9.19. The number of benzene rings is 2. The zero-order chi connectivity index (χ0) is 21.0. The Morgan fingerprint density at radius 1 is 1.07 bits per heavy atom. The zero-order valence-corrected chi connectivity index (χ0v) is 18.0. The van der Waals surface area contributed by atoms with Crippen molar-refractivity contribution in [3.63, 3.8) is 0 Å². The Bertz CT molecular complexity index is 1030. The fourth-order valence-electron chi connectivity index (χ4n) is 2.78. The zero-order valence-electron chi connectivity index (χ0n) is 16.5. The van der Waals surface area contributed by atoms with Crippen LogP contribution in [0.1, 0.15) is 37.7 Å². The van der Waals surface area contributed by atoms with E-state index in [0.29, 0.717) is 27.1 Å². The monoisotopic (exact) mass is 428 g/mol. The summed E-state index contributed by atoms with van der Waals surface area (Å²) in [4.78, 5) is 12.1. The van der Waals surface area contributed by atoms with Crippen LogP contribution in [-0.4, -0.2) is 12.1 Å². The van der Waals surface area contributed by atoms with Crippen molar-refractivity contribution in [2.24, 2.45) is 5.10 Å². The van der Waals surface area contributed by atoms with Crippen molar-refractivity contribution in [2.75, 3.05) is 0 Å². The number of amides is 1. The van der Waals surface area contributed by atoms with Gasteiger partial charge in [0.15, 0.2) is 0 Å². The molecule has 0 unspecified atom stereocenters. The number of nitrogens with zero attached hydrogens (tertiary/aromatic N) is 1. The van der Waals surface area contributed by atoms with Gasteiger partial charge in [0, 0.05) is 5.56 Å². The average molecular weight is 429 g/mol. The third kappa shape index (κ3) is 5.49. The molecule has 0 saturated carbocycles. The van der Waals surface area contributed by atoms with E-state index in [1.807, 2.05) is 18.2 Å². The molecule has 0 atom stereocenters. The van der Waals surface area contributed by atoms with Crippen molar-refractivity contribution in [2.45, 2.75) is 32.6 Å². The highest BCUT2D eigenvalue weighted by atomic mass is 35.5. The summed E-state index contributed by atoms with van der Waals surface area (Å²) in [5.41, 5.74) is 5.46. The van der Waals surface area contributed by atoms with Crippen molar-refractivity contribution in [3.8, 4) is 11.3 Å². The van der Waals surface area contributed by atoms with Gasteiger partial charge in [0.2, 0.25) is 5.91 Å². The van der Waals surface area contributed by atoms with Gasteiger partial charge >= 0.3 is 0 Å². The number of hydrogen-bond donors (Lipinski definition) is 1. The second-order valence-electron chi connectivity index (χ2n) is 7.72. The van der Waals surface area contributed by atoms with E-state index in [-0.39, 0.29) is 17.7 Å². The predicted octanol–water partition coefficient (Wildman–Crippen LogP) is 6.24. The molecule has 29 heavy (non-hydrogen) atoms. The number of carbonyl (C=O) groups excluding carboxylic acids is 1. The van der Waals surface area contributed by atoms with Crippen LogP contribution in [0.15, 0.2) is 64.1 Å². The first-order valence-corrected chi connectivity index (χ1v) is 9.95. The minimum absolute atomic E-state index is 0.0856. The molecule has 1 heterocycles. The summed E-state index contributed by atoms with van der Waals surface area (Å²) in [6.45, 7) is 6.47. The molecule has 3 aromatic rings. The topological polar surface area (TPSA) is 54.6 Å². The van der Waals surface area contributed by atoms with Crippen LogP contribution in [0.3, 0.4) is 0 Å². The molecule has 6 heteroatoms. The molecule has 0 saturated heterocycles. The van der Waals surface area contributed by atoms with Gasteiger partial charge < -0.3 is 4.42 Å². The highest BCUT2D eigenvalue weighted by Gasteiger charge is 2.13. The van der Waals surface area contributed by atoms with Crippen LogP contribution >= 0.6 is 23.2 Å². The predicted molar refractivity (Wildman–Crippen MR) is 119 cm³/mol. The Hall–Kier alpha value is -2.56. The van der Waals surface area contributed by atoms with E-state index < -0.39 is 0 Å². The fourth-order valence-corrected chi connectivity index (χ4v) is 3.17. The summed E-state index contributed by atoms with van der Waals surface area (Å²) in [5.74, 6) is 0.865. The van der Waals surface area contributed by atoms with Crippen LogP contribution in [0.2, 0.25) is 10.0 Å². The van der Waals surface area contributed by atoms with Crippen molar-refractivity contribution < 1.29 is 9.21 Å². The Morgan fingerprint density at radius 3 is 2.48 bits per heavy atom. The van der Waals surface area contributed by atoms with Crippen molar-refractivity contribution in [1.29, 1.82) is 0 Å². The van der Waals surface area contributed by atoms with Crippen LogP contribution in [0.25, 0.3) is 11.3 Å². The molecule has 0 radical (unpaired) electrons. The molecule has 1 aromatic heterocycles. The molecule has 1 N–H and O–H groups in total. The number of furan rings is 1. The summed E-state index contributed by atoms with van der Waals surface area (Å²) >= 11 is 12.3. The summed E-state index contributed by atoms with van der Waals surface area (Å²) in [7, 11) is 0. The van der Waals surface area contributed by atoms with Gasteiger partial charge in [-0.2, -0.15) is 5.10 Å². The fraction of sp³-hybridized carbons (Fsp3) is 0.217. The van der Waals surface area contributed by atoms with Gasteiger partial charge in [0.1, 0.15) is 11.5 Å². The van der Waals surface area contributed by atoms with E-state index in [0.717, 1.165) is 5.56 Å². The number of carbonyl (C=O) groups is 1. The van der Waals surface area contributed by atoms with Gasteiger partial charge in [-0.1, -0.05) is 74.3 Å². The summed E-state index contributed by atoms with van der Waals surface area (Å²) in [6, 6.07) is 16.9. The van der Waals surface area contributed by atoms with Crippen LogP contribution in [0.4, 0.5) is 0 Å². The number of nitrogens with one attached hydrogen (secondary N) is 1. The quantitative estimate of drug-likeness (QED) is 0.385. The number of hydrogen-bond acceptors (Lipinski definition) is 3. The lowest BCUT2D eigenvalue weighted by molar-refractivity contribution is -0.120. The van der Waals surface area contributed by atoms with Crippen LogP contribution in [0.5, 0.6) is 0 Å². The largest absolute Gasteiger partial charge is 0.455 e. The number of halogens is 2. The summed E-state index contributed by atoms with van der Waals surface area (Å²) in [5, 5.41) is 4.85. The molecule has 2 aromatic carbocycles. The van der Waals surface area contributed by atoms with Crippen molar-refractivity contribution in [1.82, 2.24) is 5.43 Å². The smallest absolute Gasteiger partial charge is 0.244 e. The Kier molecular flexibility index (Phi) is 6.46. The highest BCUT2D eigenvalue weighted by Crippen LogP contribution is 2.34.